The number of hydrogen-bond acceptors (Lipinski definition) is 8. The Labute approximate surface area is 405 Å². The molecule has 0 heterocycles. The van der Waals surface area contributed by atoms with E-state index in [1.54, 1.807) is 0 Å². The lowest BCUT2D eigenvalue weighted by Crippen LogP contribution is -2.37. The molecular weight excluding hydrogens is 846 g/mol. The van der Waals surface area contributed by atoms with Crippen LogP contribution in [0.1, 0.15) is 206 Å². The minimum atomic E-state index is -4.63. The van der Waals surface area contributed by atoms with Crippen LogP contribution in [0.2, 0.25) is 0 Å². The van der Waals surface area contributed by atoms with Gasteiger partial charge in [-0.15, -0.1) is 0 Å². The number of esters is 2. The number of quaternary nitrogens is 1. The molecule has 66 heavy (non-hydrogen) atoms. The molecule has 0 fully saturated rings. The second kappa shape index (κ2) is 47.3. The Kier molecular flexibility index (Phi) is 45.3. The fourth-order valence-corrected chi connectivity index (χ4v) is 7.54. The molecule has 0 rings (SSSR count). The van der Waals surface area contributed by atoms with Crippen molar-refractivity contribution < 1.29 is 42.1 Å². The van der Waals surface area contributed by atoms with E-state index in [0.717, 1.165) is 103 Å². The van der Waals surface area contributed by atoms with Gasteiger partial charge in [-0.1, -0.05) is 195 Å². The van der Waals surface area contributed by atoms with Crippen LogP contribution in [0.25, 0.3) is 0 Å². The predicted octanol–water partition coefficient (Wildman–Crippen LogP) is 15.3. The van der Waals surface area contributed by atoms with E-state index < -0.39 is 32.5 Å². The highest BCUT2D eigenvalue weighted by molar-refractivity contribution is 7.45. The summed E-state index contributed by atoms with van der Waals surface area (Å²) in [4.78, 5) is 37.6. The summed E-state index contributed by atoms with van der Waals surface area (Å²) >= 11 is 0. The Bertz CT molecular complexity index is 1390. The summed E-state index contributed by atoms with van der Waals surface area (Å²) in [6, 6.07) is 0. The molecule has 0 radical (unpaired) electrons. The number of phosphoric ester groups is 1. The number of ether oxygens (including phenoxy) is 2. The van der Waals surface area contributed by atoms with Crippen LogP contribution in [0.15, 0.2) is 85.1 Å². The zero-order valence-corrected chi connectivity index (χ0v) is 43.8. The van der Waals surface area contributed by atoms with E-state index in [4.69, 9.17) is 18.5 Å². The van der Waals surface area contributed by atoms with Crippen molar-refractivity contribution in [2.45, 2.75) is 213 Å². The number of phosphoric acid groups is 1. The van der Waals surface area contributed by atoms with Gasteiger partial charge < -0.3 is 27.9 Å². The molecule has 0 bridgehead atoms. The van der Waals surface area contributed by atoms with Crippen molar-refractivity contribution in [1.29, 1.82) is 0 Å². The fraction of sp³-hybridized carbons (Fsp3) is 0.714. The standard InChI is InChI=1S/C56H98NO8P/c1-6-8-10-12-14-16-18-19-20-21-22-23-24-25-26-27-28-29-30-31-32-33-34-35-36-37-39-41-43-45-47-49-56(59)65-54(53-64-66(60,61)63-51-50-57(3,4)5)52-62-55(58)48-46-44-42-40-38-17-15-13-11-9-7-2/h8,10,13-16,19-20,22-23,25-26,28-29,54H,6-7,9,11-12,17-18,21,24,27,30-53H2,1-5H3/b10-8-,15-13-,16-14-,20-19-,23-22-,26-25-,29-28-. The first-order valence-electron chi connectivity index (χ1n) is 26.3. The van der Waals surface area contributed by atoms with Crippen molar-refractivity contribution in [3.63, 3.8) is 0 Å². The van der Waals surface area contributed by atoms with Crippen molar-refractivity contribution in [2.24, 2.45) is 0 Å². The number of carbonyl (C=O) groups excluding carboxylic acids is 2. The van der Waals surface area contributed by atoms with Crippen LogP contribution < -0.4 is 4.89 Å². The topological polar surface area (TPSA) is 111 Å². The third kappa shape index (κ3) is 50.6. The molecule has 0 aliphatic rings. The minimum absolute atomic E-state index is 0.0355. The Balaban J connectivity index is 4.12. The first-order valence-corrected chi connectivity index (χ1v) is 27.8. The van der Waals surface area contributed by atoms with E-state index in [-0.39, 0.29) is 26.1 Å². The number of unbranched alkanes of at least 4 members (excludes halogenated alkanes) is 19. The van der Waals surface area contributed by atoms with Crippen LogP contribution in [0, 0.1) is 0 Å². The van der Waals surface area contributed by atoms with E-state index in [9.17, 15) is 19.0 Å². The van der Waals surface area contributed by atoms with Gasteiger partial charge in [-0.2, -0.15) is 0 Å². The average molecular weight is 944 g/mol. The number of nitrogens with zero attached hydrogens (tertiary/aromatic N) is 1. The predicted molar refractivity (Wildman–Crippen MR) is 277 cm³/mol. The summed E-state index contributed by atoms with van der Waals surface area (Å²) in [7, 11) is 1.15. The Morgan fingerprint density at radius 2 is 0.864 bits per heavy atom. The Morgan fingerprint density at radius 3 is 1.30 bits per heavy atom. The van der Waals surface area contributed by atoms with Crippen molar-refractivity contribution in [3.05, 3.63) is 85.1 Å². The molecule has 0 saturated heterocycles. The lowest BCUT2D eigenvalue weighted by atomic mass is 10.0. The lowest BCUT2D eigenvalue weighted by Gasteiger charge is -2.28. The summed E-state index contributed by atoms with van der Waals surface area (Å²) in [5.41, 5.74) is 0. The minimum Gasteiger partial charge on any atom is -0.756 e. The quantitative estimate of drug-likeness (QED) is 0.0195. The molecule has 0 aliphatic heterocycles. The number of rotatable bonds is 47. The zero-order valence-electron chi connectivity index (χ0n) is 42.9. The van der Waals surface area contributed by atoms with Crippen LogP contribution in [0.4, 0.5) is 0 Å². The SMILES string of the molecule is CC/C=C\C/C=C\C/C=C\C/C=C\C/C=C\C/C=C\CCCCCCCCCCCCCCC(=O)OC(COC(=O)CCCCCCC/C=C\CCCC)COP(=O)([O-])OCC[N+](C)(C)C. The van der Waals surface area contributed by atoms with E-state index in [0.29, 0.717) is 17.4 Å². The molecule has 0 aromatic heterocycles. The molecule has 2 unspecified atom stereocenters. The molecular formula is C56H98NO8P. The number of likely N-dealkylation sites (N-methyl/N-ethyl adjacent to an activating group) is 1. The second-order valence-electron chi connectivity index (χ2n) is 18.5. The van der Waals surface area contributed by atoms with E-state index in [1.165, 1.54) is 70.6 Å². The van der Waals surface area contributed by atoms with Crippen LogP contribution in [-0.2, 0) is 32.7 Å². The fourth-order valence-electron chi connectivity index (χ4n) is 6.82. The van der Waals surface area contributed by atoms with Crippen molar-refractivity contribution >= 4 is 19.8 Å². The molecule has 380 valence electrons. The largest absolute Gasteiger partial charge is 0.756 e. The van der Waals surface area contributed by atoms with E-state index in [2.05, 4.69) is 98.9 Å². The molecule has 0 aromatic rings. The van der Waals surface area contributed by atoms with E-state index >= 15 is 0 Å². The first-order chi connectivity index (χ1) is 32.0. The summed E-state index contributed by atoms with van der Waals surface area (Å²) < 4.78 is 34.0. The maximum atomic E-state index is 12.7. The maximum absolute atomic E-state index is 12.7. The summed E-state index contributed by atoms with van der Waals surface area (Å²) in [5, 5.41) is 0. The van der Waals surface area contributed by atoms with Gasteiger partial charge in [0.15, 0.2) is 6.10 Å². The third-order valence-electron chi connectivity index (χ3n) is 10.9. The second-order valence-corrected chi connectivity index (χ2v) is 19.9. The number of allylic oxidation sites excluding steroid dienone is 14. The first kappa shape index (κ1) is 63.2. The van der Waals surface area contributed by atoms with Crippen LogP contribution >= 0.6 is 7.82 Å². The monoisotopic (exact) mass is 944 g/mol. The van der Waals surface area contributed by atoms with Gasteiger partial charge in [-0.05, 0) is 83.5 Å². The van der Waals surface area contributed by atoms with Gasteiger partial charge in [-0.3, -0.25) is 14.2 Å². The van der Waals surface area contributed by atoms with Crippen LogP contribution in [0.3, 0.4) is 0 Å². The van der Waals surface area contributed by atoms with Crippen molar-refractivity contribution in [3.8, 4) is 0 Å². The highest BCUT2D eigenvalue weighted by Crippen LogP contribution is 2.38. The van der Waals surface area contributed by atoms with Gasteiger partial charge in [0, 0.05) is 12.8 Å². The summed E-state index contributed by atoms with van der Waals surface area (Å²) in [5.74, 6) is -0.851. The number of carbonyl (C=O) groups is 2. The van der Waals surface area contributed by atoms with Gasteiger partial charge in [0.25, 0.3) is 7.82 Å². The normalized spacial score (nSPS) is 14.1. The third-order valence-corrected chi connectivity index (χ3v) is 11.9. The van der Waals surface area contributed by atoms with Gasteiger partial charge in [0.2, 0.25) is 0 Å². The zero-order chi connectivity index (χ0) is 48.5. The average Bonchev–Trinajstić information content (AvgIpc) is 3.27. The molecule has 0 saturated carbocycles. The molecule has 2 atom stereocenters. The van der Waals surface area contributed by atoms with Gasteiger partial charge in [-0.25, -0.2) is 0 Å². The molecule has 10 heteroatoms. The molecule has 0 amide bonds. The Hall–Kier alpha value is -2.81. The highest BCUT2D eigenvalue weighted by Gasteiger charge is 2.21. The summed E-state index contributed by atoms with van der Waals surface area (Å²) in [6.45, 7) is 4.06. The summed E-state index contributed by atoms with van der Waals surface area (Å²) in [6.07, 6.45) is 62.0. The molecule has 0 aliphatic carbocycles. The van der Waals surface area contributed by atoms with Crippen molar-refractivity contribution in [2.75, 3.05) is 47.5 Å². The van der Waals surface area contributed by atoms with Gasteiger partial charge in [0.1, 0.15) is 19.8 Å². The van der Waals surface area contributed by atoms with Crippen LogP contribution in [-0.4, -0.2) is 70.0 Å². The molecule has 0 aromatic carbocycles. The molecule has 0 N–H and O–H groups in total. The van der Waals surface area contributed by atoms with E-state index in [1.807, 2.05) is 21.1 Å². The number of hydrogen-bond donors (Lipinski definition) is 0. The van der Waals surface area contributed by atoms with Crippen LogP contribution in [0.5, 0.6) is 0 Å². The maximum Gasteiger partial charge on any atom is 0.306 e. The van der Waals surface area contributed by atoms with Gasteiger partial charge >= 0.3 is 11.9 Å². The highest BCUT2D eigenvalue weighted by atomic mass is 31.2. The van der Waals surface area contributed by atoms with Gasteiger partial charge in [0.05, 0.1) is 27.7 Å². The molecule has 9 nitrogen and oxygen atoms in total. The smallest absolute Gasteiger partial charge is 0.306 e. The lowest BCUT2D eigenvalue weighted by molar-refractivity contribution is -0.870. The van der Waals surface area contributed by atoms with Crippen molar-refractivity contribution in [1.82, 2.24) is 0 Å². The molecule has 0 spiro atoms. The Morgan fingerprint density at radius 1 is 0.485 bits per heavy atom.